The standard InChI is InChI=1S/C27H22ClN3O3/c28-23-18-20(31-26(33)21-8-4-5-9-22(21)27(31)34)11-12-24(23)29-14-16-30(17-15-29)25(32)13-10-19-6-2-1-3-7-19/h1-13,18H,14-17H2. The average molecular weight is 472 g/mol. The Hall–Kier alpha value is -3.90. The van der Waals surface area contributed by atoms with E-state index in [2.05, 4.69) is 4.90 Å². The molecule has 3 amide bonds. The van der Waals surface area contributed by atoms with Crippen LogP contribution in [0.25, 0.3) is 6.08 Å². The van der Waals surface area contributed by atoms with Gasteiger partial charge in [-0.1, -0.05) is 54.1 Å². The van der Waals surface area contributed by atoms with E-state index in [4.69, 9.17) is 11.6 Å². The minimum atomic E-state index is -0.347. The van der Waals surface area contributed by atoms with Gasteiger partial charge < -0.3 is 9.80 Å². The minimum Gasteiger partial charge on any atom is -0.367 e. The molecule has 7 heteroatoms. The summed E-state index contributed by atoms with van der Waals surface area (Å²) in [5.41, 5.74) is 3.04. The fourth-order valence-electron chi connectivity index (χ4n) is 4.32. The van der Waals surface area contributed by atoms with Gasteiger partial charge in [-0.25, -0.2) is 4.90 Å². The van der Waals surface area contributed by atoms with Crippen LogP contribution in [0.15, 0.2) is 78.9 Å². The highest BCUT2D eigenvalue weighted by atomic mass is 35.5. The number of benzene rings is 3. The summed E-state index contributed by atoms with van der Waals surface area (Å²) in [4.78, 5) is 43.2. The molecule has 0 unspecified atom stereocenters. The fourth-order valence-corrected chi connectivity index (χ4v) is 4.61. The van der Waals surface area contributed by atoms with E-state index in [-0.39, 0.29) is 17.7 Å². The third-order valence-electron chi connectivity index (χ3n) is 6.13. The van der Waals surface area contributed by atoms with Gasteiger partial charge in [0.15, 0.2) is 0 Å². The quantitative estimate of drug-likeness (QED) is 0.415. The summed E-state index contributed by atoms with van der Waals surface area (Å²) in [5.74, 6) is -0.712. The Labute approximate surface area is 202 Å². The largest absolute Gasteiger partial charge is 0.367 e. The summed E-state index contributed by atoms with van der Waals surface area (Å²) >= 11 is 6.58. The molecular weight excluding hydrogens is 450 g/mol. The van der Waals surface area contributed by atoms with Gasteiger partial charge in [-0.05, 0) is 42.0 Å². The lowest BCUT2D eigenvalue weighted by molar-refractivity contribution is -0.126. The fraction of sp³-hybridized carbons (Fsp3) is 0.148. The van der Waals surface area contributed by atoms with Crippen LogP contribution in [0, 0.1) is 0 Å². The predicted molar refractivity (Wildman–Crippen MR) is 133 cm³/mol. The van der Waals surface area contributed by atoms with Crippen LogP contribution in [-0.4, -0.2) is 48.8 Å². The number of nitrogens with zero attached hydrogens (tertiary/aromatic N) is 3. The maximum Gasteiger partial charge on any atom is 0.266 e. The number of hydrogen-bond acceptors (Lipinski definition) is 4. The van der Waals surface area contributed by atoms with Crippen LogP contribution >= 0.6 is 11.6 Å². The Balaban J connectivity index is 1.25. The number of piperazine rings is 1. The van der Waals surface area contributed by atoms with Crippen LogP contribution < -0.4 is 9.80 Å². The molecular formula is C27H22ClN3O3. The van der Waals surface area contributed by atoms with Gasteiger partial charge in [0.25, 0.3) is 11.8 Å². The van der Waals surface area contributed by atoms with E-state index in [0.717, 1.165) is 16.2 Å². The second-order valence-corrected chi connectivity index (χ2v) is 8.59. The maximum absolute atomic E-state index is 12.8. The van der Waals surface area contributed by atoms with Gasteiger partial charge in [0.05, 0.1) is 27.5 Å². The van der Waals surface area contributed by atoms with Gasteiger partial charge in [0, 0.05) is 32.3 Å². The van der Waals surface area contributed by atoms with Gasteiger partial charge in [0.1, 0.15) is 0 Å². The van der Waals surface area contributed by atoms with Crippen molar-refractivity contribution in [3.63, 3.8) is 0 Å². The second kappa shape index (κ2) is 9.15. The first-order chi connectivity index (χ1) is 16.5. The number of halogens is 1. The molecule has 0 spiro atoms. The molecule has 0 atom stereocenters. The zero-order valence-electron chi connectivity index (χ0n) is 18.4. The topological polar surface area (TPSA) is 60.9 Å². The number of carbonyl (C=O) groups is 3. The van der Waals surface area contributed by atoms with Gasteiger partial charge in [-0.3, -0.25) is 14.4 Å². The first-order valence-electron chi connectivity index (χ1n) is 11.1. The Kier molecular flexibility index (Phi) is 5.90. The average Bonchev–Trinajstić information content (AvgIpc) is 3.13. The van der Waals surface area contributed by atoms with Crippen molar-refractivity contribution in [2.75, 3.05) is 36.0 Å². The molecule has 2 aliphatic rings. The van der Waals surface area contributed by atoms with Crippen molar-refractivity contribution in [1.82, 2.24) is 4.90 Å². The van der Waals surface area contributed by atoms with Crippen LogP contribution in [0.1, 0.15) is 26.3 Å². The van der Waals surface area contributed by atoms with Crippen molar-refractivity contribution in [2.45, 2.75) is 0 Å². The maximum atomic E-state index is 12.8. The van der Waals surface area contributed by atoms with E-state index in [1.807, 2.05) is 47.4 Å². The van der Waals surface area contributed by atoms with Crippen LogP contribution in [0.4, 0.5) is 11.4 Å². The lowest BCUT2D eigenvalue weighted by Crippen LogP contribution is -2.48. The lowest BCUT2D eigenvalue weighted by Gasteiger charge is -2.36. The van der Waals surface area contributed by atoms with Crippen LogP contribution in [0.3, 0.4) is 0 Å². The molecule has 34 heavy (non-hydrogen) atoms. The molecule has 0 bridgehead atoms. The van der Waals surface area contributed by atoms with E-state index < -0.39 is 0 Å². The summed E-state index contributed by atoms with van der Waals surface area (Å²) in [6.45, 7) is 2.43. The number of fused-ring (bicyclic) bond motifs is 1. The number of amides is 3. The number of imide groups is 1. The van der Waals surface area contributed by atoms with Crippen molar-refractivity contribution >= 4 is 46.8 Å². The zero-order valence-corrected chi connectivity index (χ0v) is 19.1. The minimum absolute atomic E-state index is 0.0180. The SMILES string of the molecule is O=C(C=Cc1ccccc1)N1CCN(c2ccc(N3C(=O)c4ccccc4C3=O)cc2Cl)CC1. The first-order valence-corrected chi connectivity index (χ1v) is 11.4. The Bertz CT molecular complexity index is 1260. The smallest absolute Gasteiger partial charge is 0.266 e. The summed E-state index contributed by atoms with van der Waals surface area (Å²) in [7, 11) is 0. The highest BCUT2D eigenvalue weighted by Gasteiger charge is 2.36. The van der Waals surface area contributed by atoms with Crippen molar-refractivity contribution in [3.8, 4) is 0 Å². The molecule has 170 valence electrons. The lowest BCUT2D eigenvalue weighted by atomic mass is 10.1. The highest BCUT2D eigenvalue weighted by molar-refractivity contribution is 6.36. The van der Waals surface area contributed by atoms with Crippen LogP contribution in [-0.2, 0) is 4.79 Å². The molecule has 0 saturated carbocycles. The molecule has 0 aliphatic carbocycles. The summed E-state index contributed by atoms with van der Waals surface area (Å²) < 4.78 is 0. The number of rotatable bonds is 4. The third kappa shape index (κ3) is 4.08. The molecule has 3 aromatic carbocycles. The Morgan fingerprint density at radius 1 is 0.794 bits per heavy atom. The first kappa shape index (κ1) is 21.9. The highest BCUT2D eigenvalue weighted by Crippen LogP contribution is 2.34. The zero-order chi connectivity index (χ0) is 23.7. The summed E-state index contributed by atoms with van der Waals surface area (Å²) in [6.07, 6.45) is 3.43. The monoisotopic (exact) mass is 471 g/mol. The van der Waals surface area contributed by atoms with Gasteiger partial charge in [-0.15, -0.1) is 0 Å². The Morgan fingerprint density at radius 3 is 2.03 bits per heavy atom. The molecule has 0 N–H and O–H groups in total. The van der Waals surface area contributed by atoms with Crippen molar-refractivity contribution in [3.05, 3.63) is 101 Å². The van der Waals surface area contributed by atoms with Crippen molar-refractivity contribution in [1.29, 1.82) is 0 Å². The molecule has 2 heterocycles. The number of carbonyl (C=O) groups excluding carboxylic acids is 3. The Morgan fingerprint density at radius 2 is 1.41 bits per heavy atom. The van der Waals surface area contributed by atoms with Crippen LogP contribution in [0.2, 0.25) is 5.02 Å². The van der Waals surface area contributed by atoms with E-state index in [1.54, 1.807) is 42.5 Å². The normalized spacial score (nSPS) is 15.9. The van der Waals surface area contributed by atoms with Gasteiger partial charge >= 0.3 is 0 Å². The molecule has 3 aromatic rings. The molecule has 2 aliphatic heterocycles. The van der Waals surface area contributed by atoms with E-state index in [1.165, 1.54) is 0 Å². The number of anilines is 2. The third-order valence-corrected chi connectivity index (χ3v) is 6.44. The van der Waals surface area contributed by atoms with Crippen molar-refractivity contribution < 1.29 is 14.4 Å². The van der Waals surface area contributed by atoms with Crippen LogP contribution in [0.5, 0.6) is 0 Å². The van der Waals surface area contributed by atoms with Gasteiger partial charge in [-0.2, -0.15) is 0 Å². The number of hydrogen-bond donors (Lipinski definition) is 0. The summed E-state index contributed by atoms with van der Waals surface area (Å²) in [6, 6.07) is 21.7. The molecule has 5 rings (SSSR count). The van der Waals surface area contributed by atoms with E-state index >= 15 is 0 Å². The van der Waals surface area contributed by atoms with E-state index in [0.29, 0.717) is 48.0 Å². The van der Waals surface area contributed by atoms with Crippen molar-refractivity contribution in [2.24, 2.45) is 0 Å². The molecule has 6 nitrogen and oxygen atoms in total. The predicted octanol–water partition coefficient (Wildman–Crippen LogP) is 4.50. The molecule has 1 saturated heterocycles. The molecule has 0 radical (unpaired) electrons. The summed E-state index contributed by atoms with van der Waals surface area (Å²) in [5, 5.41) is 0.456. The van der Waals surface area contributed by atoms with Gasteiger partial charge in [0.2, 0.25) is 5.91 Å². The molecule has 1 fully saturated rings. The van der Waals surface area contributed by atoms with E-state index in [9.17, 15) is 14.4 Å². The second-order valence-electron chi connectivity index (χ2n) is 8.18. The molecule has 0 aromatic heterocycles.